The highest BCUT2D eigenvalue weighted by Crippen LogP contribution is 2.31. The Morgan fingerprint density at radius 2 is 1.73 bits per heavy atom. The standard InChI is InChI=1S/C17H10F4N4O/c18-16(19)17(20,21)26-13-3-1-2-12(8-13)10-4-6-11(7-5-10)15-14(9-22)23-25-24-15/h1-8,16H,(H,23,24,25). The van der Waals surface area contributed by atoms with Gasteiger partial charge < -0.3 is 4.74 Å². The largest absolute Gasteiger partial charge is 0.461 e. The van der Waals surface area contributed by atoms with E-state index in [0.717, 1.165) is 0 Å². The maximum atomic E-state index is 13.0. The molecule has 5 nitrogen and oxygen atoms in total. The predicted molar refractivity (Wildman–Crippen MR) is 83.5 cm³/mol. The Kier molecular flexibility index (Phi) is 4.58. The van der Waals surface area contributed by atoms with Crippen molar-refractivity contribution in [1.29, 1.82) is 5.26 Å². The van der Waals surface area contributed by atoms with Crippen LogP contribution in [-0.2, 0) is 0 Å². The van der Waals surface area contributed by atoms with Gasteiger partial charge in [-0.2, -0.15) is 22.8 Å². The lowest BCUT2D eigenvalue weighted by atomic mass is 10.0. The van der Waals surface area contributed by atoms with Crippen LogP contribution in [0.25, 0.3) is 22.4 Å². The van der Waals surface area contributed by atoms with E-state index >= 15 is 0 Å². The van der Waals surface area contributed by atoms with E-state index in [1.165, 1.54) is 18.2 Å². The van der Waals surface area contributed by atoms with Crippen molar-refractivity contribution >= 4 is 0 Å². The van der Waals surface area contributed by atoms with Crippen LogP contribution in [0.5, 0.6) is 5.75 Å². The van der Waals surface area contributed by atoms with E-state index in [-0.39, 0.29) is 11.4 Å². The Bertz CT molecular complexity index is 948. The topological polar surface area (TPSA) is 74.6 Å². The van der Waals surface area contributed by atoms with Crippen molar-refractivity contribution in [1.82, 2.24) is 15.4 Å². The molecule has 0 aliphatic heterocycles. The molecule has 0 radical (unpaired) electrons. The van der Waals surface area contributed by atoms with Gasteiger partial charge in [-0.3, -0.25) is 0 Å². The zero-order valence-electron chi connectivity index (χ0n) is 13.0. The van der Waals surface area contributed by atoms with E-state index in [1.54, 1.807) is 30.3 Å². The minimum atomic E-state index is -4.57. The molecule has 0 saturated heterocycles. The fourth-order valence-corrected chi connectivity index (χ4v) is 2.27. The van der Waals surface area contributed by atoms with E-state index in [9.17, 15) is 17.6 Å². The number of ether oxygens (including phenoxy) is 1. The van der Waals surface area contributed by atoms with Crippen molar-refractivity contribution in [3.05, 3.63) is 54.2 Å². The number of hydrogen-bond acceptors (Lipinski definition) is 4. The minimum absolute atomic E-state index is 0.211. The molecule has 0 aliphatic carbocycles. The number of halogens is 4. The summed E-state index contributed by atoms with van der Waals surface area (Å²) in [4.78, 5) is 0. The van der Waals surface area contributed by atoms with Gasteiger partial charge in [0.2, 0.25) is 0 Å². The molecule has 0 bridgehead atoms. The molecule has 1 heterocycles. The van der Waals surface area contributed by atoms with Crippen LogP contribution in [-0.4, -0.2) is 27.9 Å². The normalized spacial score (nSPS) is 11.4. The third-order valence-corrected chi connectivity index (χ3v) is 3.49. The summed E-state index contributed by atoms with van der Waals surface area (Å²) in [6.45, 7) is 0. The van der Waals surface area contributed by atoms with E-state index in [4.69, 9.17) is 5.26 Å². The number of aromatic amines is 1. The lowest BCUT2D eigenvalue weighted by molar-refractivity contribution is -0.253. The average Bonchev–Trinajstić information content (AvgIpc) is 3.10. The number of nitrogens with zero attached hydrogens (tertiary/aromatic N) is 3. The van der Waals surface area contributed by atoms with E-state index in [1.807, 2.05) is 6.07 Å². The third-order valence-electron chi connectivity index (χ3n) is 3.49. The summed E-state index contributed by atoms with van der Waals surface area (Å²) < 4.78 is 54.7. The Labute approximate surface area is 144 Å². The molecule has 0 spiro atoms. The van der Waals surface area contributed by atoms with Crippen molar-refractivity contribution in [3.8, 4) is 34.2 Å². The predicted octanol–water partition coefficient (Wildman–Crippen LogP) is 4.25. The van der Waals surface area contributed by atoms with Gasteiger partial charge >= 0.3 is 12.5 Å². The van der Waals surface area contributed by atoms with Crippen molar-refractivity contribution < 1.29 is 22.3 Å². The fourth-order valence-electron chi connectivity index (χ4n) is 2.27. The first-order chi connectivity index (χ1) is 12.4. The summed E-state index contributed by atoms with van der Waals surface area (Å²) in [5.74, 6) is -0.375. The molecule has 0 aliphatic rings. The molecular weight excluding hydrogens is 352 g/mol. The Balaban J connectivity index is 1.86. The van der Waals surface area contributed by atoms with Gasteiger partial charge in [-0.05, 0) is 23.3 Å². The summed E-state index contributed by atoms with van der Waals surface area (Å²) in [5, 5.41) is 18.8. The summed E-state index contributed by atoms with van der Waals surface area (Å²) in [6.07, 6.45) is -8.49. The van der Waals surface area contributed by atoms with Gasteiger partial charge in [0.25, 0.3) is 0 Å². The Morgan fingerprint density at radius 1 is 1.04 bits per heavy atom. The van der Waals surface area contributed by atoms with Crippen molar-refractivity contribution in [3.63, 3.8) is 0 Å². The van der Waals surface area contributed by atoms with Gasteiger partial charge in [-0.1, -0.05) is 41.6 Å². The summed E-state index contributed by atoms with van der Waals surface area (Å²) in [6, 6.07) is 14.1. The summed E-state index contributed by atoms with van der Waals surface area (Å²) in [7, 11) is 0. The number of alkyl halides is 4. The molecule has 3 rings (SSSR count). The highest BCUT2D eigenvalue weighted by atomic mass is 19.3. The number of benzene rings is 2. The van der Waals surface area contributed by atoms with Crippen LogP contribution in [0.3, 0.4) is 0 Å². The molecule has 3 aromatic rings. The number of nitrogens with one attached hydrogen (secondary N) is 1. The highest BCUT2D eigenvalue weighted by molar-refractivity contribution is 5.71. The number of hydrogen-bond donors (Lipinski definition) is 1. The van der Waals surface area contributed by atoms with Gasteiger partial charge in [0, 0.05) is 5.56 Å². The minimum Gasteiger partial charge on any atom is -0.428 e. The fraction of sp³-hybridized carbons (Fsp3) is 0.118. The molecule has 1 aromatic heterocycles. The van der Waals surface area contributed by atoms with Crippen LogP contribution in [0.2, 0.25) is 0 Å². The van der Waals surface area contributed by atoms with Crippen LogP contribution in [0.15, 0.2) is 48.5 Å². The second-order valence-electron chi connectivity index (χ2n) is 5.22. The molecule has 0 fully saturated rings. The molecule has 0 atom stereocenters. The van der Waals surface area contributed by atoms with Crippen LogP contribution in [0.1, 0.15) is 5.69 Å². The maximum absolute atomic E-state index is 13.0. The molecule has 1 N–H and O–H groups in total. The van der Waals surface area contributed by atoms with Crippen LogP contribution >= 0.6 is 0 Å². The van der Waals surface area contributed by atoms with Gasteiger partial charge in [-0.15, -0.1) is 5.10 Å². The molecular formula is C17H10F4N4O. The Hall–Kier alpha value is -3.41. The van der Waals surface area contributed by atoms with Crippen molar-refractivity contribution in [2.75, 3.05) is 0 Å². The molecule has 2 aromatic carbocycles. The maximum Gasteiger partial charge on any atom is 0.461 e. The quantitative estimate of drug-likeness (QED) is 0.689. The molecule has 0 amide bonds. The van der Waals surface area contributed by atoms with Crippen LogP contribution in [0, 0.1) is 11.3 Å². The number of H-pyrrole nitrogens is 1. The average molecular weight is 362 g/mol. The van der Waals surface area contributed by atoms with Gasteiger partial charge in [0.1, 0.15) is 17.5 Å². The second-order valence-corrected chi connectivity index (χ2v) is 5.22. The van der Waals surface area contributed by atoms with Gasteiger partial charge in [0.05, 0.1) is 0 Å². The lowest BCUT2D eigenvalue weighted by Gasteiger charge is -2.17. The molecule has 9 heteroatoms. The van der Waals surface area contributed by atoms with Crippen LogP contribution in [0.4, 0.5) is 17.6 Å². The van der Waals surface area contributed by atoms with Gasteiger partial charge in [-0.25, -0.2) is 5.10 Å². The molecule has 0 saturated carbocycles. The summed E-state index contributed by atoms with van der Waals surface area (Å²) in [5.41, 5.74) is 2.37. The molecule has 26 heavy (non-hydrogen) atoms. The second kappa shape index (κ2) is 6.84. The molecule has 0 unspecified atom stereocenters. The van der Waals surface area contributed by atoms with Gasteiger partial charge in [0.15, 0.2) is 5.69 Å². The smallest absolute Gasteiger partial charge is 0.428 e. The number of aromatic nitrogens is 3. The summed E-state index contributed by atoms with van der Waals surface area (Å²) >= 11 is 0. The molecule has 132 valence electrons. The number of nitriles is 1. The lowest BCUT2D eigenvalue weighted by Crippen LogP contribution is -2.33. The van der Waals surface area contributed by atoms with Crippen molar-refractivity contribution in [2.45, 2.75) is 12.5 Å². The Morgan fingerprint density at radius 3 is 2.38 bits per heavy atom. The van der Waals surface area contributed by atoms with E-state index in [0.29, 0.717) is 22.4 Å². The zero-order valence-corrected chi connectivity index (χ0v) is 13.0. The SMILES string of the molecule is N#Cc1[nH]nnc1-c1ccc(-c2cccc(OC(F)(F)C(F)F)c2)cc1. The van der Waals surface area contributed by atoms with Crippen LogP contribution < -0.4 is 4.74 Å². The number of rotatable bonds is 5. The first kappa shape index (κ1) is 17.4. The van der Waals surface area contributed by atoms with E-state index < -0.39 is 12.5 Å². The first-order valence-corrected chi connectivity index (χ1v) is 7.27. The third kappa shape index (κ3) is 3.49. The zero-order chi connectivity index (χ0) is 18.7. The highest BCUT2D eigenvalue weighted by Gasteiger charge is 2.43. The first-order valence-electron chi connectivity index (χ1n) is 7.27. The van der Waals surface area contributed by atoms with Crippen molar-refractivity contribution in [2.24, 2.45) is 0 Å². The van der Waals surface area contributed by atoms with E-state index in [2.05, 4.69) is 20.1 Å². The monoisotopic (exact) mass is 362 g/mol.